The largest absolute Gasteiger partial charge is 1.00 e. The van der Waals surface area contributed by atoms with Crippen LogP contribution in [0, 0.1) is 18.6 Å². The van der Waals surface area contributed by atoms with Crippen molar-refractivity contribution in [1.82, 2.24) is 14.5 Å². The minimum absolute atomic E-state index is 0. The number of ether oxygens (including phenoxy) is 1. The van der Waals surface area contributed by atoms with Crippen LogP contribution >= 0.6 is 0 Å². The Labute approximate surface area is 215 Å². The summed E-state index contributed by atoms with van der Waals surface area (Å²) in [5.74, 6) is -0.611. The van der Waals surface area contributed by atoms with E-state index in [9.17, 15) is 13.6 Å². The van der Waals surface area contributed by atoms with E-state index in [4.69, 9.17) is 4.74 Å². The Kier molecular flexibility index (Phi) is 8.21. The Bertz CT molecular complexity index is 1260. The minimum atomic E-state index is -0.611. The van der Waals surface area contributed by atoms with Crippen molar-refractivity contribution in [2.45, 2.75) is 44.7 Å². The van der Waals surface area contributed by atoms with E-state index in [1.165, 1.54) is 12.1 Å². The van der Waals surface area contributed by atoms with Crippen LogP contribution in [0.1, 0.15) is 48.5 Å². The van der Waals surface area contributed by atoms with E-state index in [0.717, 1.165) is 35.9 Å². The standard InChI is InChI=1S/C26H25F2N3O2.Li.H2O/c1-16-14-30(15-29-16)24-9-3-17(12-25(24)33-2)11-18-4-6-20-7-10-23(31(20)26(18)32)21-8-5-19(27)13-22(21)28;;/h3,5,8-9,11-15,20,23H,4,6-7,10H2,1-2H3;;1H2/q;+1;/p-1/t20-,23-;;/m0../s1. The van der Waals surface area contributed by atoms with E-state index >= 15 is 0 Å². The fourth-order valence-electron chi connectivity index (χ4n) is 5.03. The van der Waals surface area contributed by atoms with Gasteiger partial charge in [-0.05, 0) is 62.4 Å². The molecule has 0 saturated carbocycles. The Morgan fingerprint density at radius 1 is 1.11 bits per heavy atom. The number of piperidine rings is 1. The summed E-state index contributed by atoms with van der Waals surface area (Å²) in [6, 6.07) is 9.12. The molecule has 2 aliphatic rings. The maximum absolute atomic E-state index is 14.5. The van der Waals surface area contributed by atoms with Crippen molar-refractivity contribution in [2.75, 3.05) is 7.11 Å². The van der Waals surface area contributed by atoms with Crippen LogP contribution in [0.4, 0.5) is 8.78 Å². The van der Waals surface area contributed by atoms with Gasteiger partial charge in [-0.25, -0.2) is 13.8 Å². The van der Waals surface area contributed by atoms with E-state index < -0.39 is 11.6 Å². The average molecular weight is 473 g/mol. The van der Waals surface area contributed by atoms with Gasteiger partial charge >= 0.3 is 18.9 Å². The number of amides is 1. The van der Waals surface area contributed by atoms with Gasteiger partial charge in [0.2, 0.25) is 0 Å². The van der Waals surface area contributed by atoms with Crippen molar-refractivity contribution in [2.24, 2.45) is 0 Å². The molecule has 0 unspecified atom stereocenters. The maximum atomic E-state index is 14.5. The van der Waals surface area contributed by atoms with Gasteiger partial charge in [0.1, 0.15) is 17.4 Å². The number of methoxy groups -OCH3 is 1. The van der Waals surface area contributed by atoms with Crippen LogP contribution in [0.5, 0.6) is 5.75 Å². The van der Waals surface area contributed by atoms with Crippen molar-refractivity contribution in [3.8, 4) is 11.4 Å². The number of aryl methyl sites for hydroxylation is 1. The SMILES string of the molecule is COc1cc(C=C2CC[C@H]3CC[C@@H](c4ccc(F)cc4F)N3C2=O)ccc1-n1cnc(C)c1.[Li+].[OH-]. The molecule has 0 radical (unpaired) electrons. The third-order valence-corrected chi connectivity index (χ3v) is 6.61. The zero-order valence-corrected chi connectivity index (χ0v) is 20.0. The molecule has 1 amide bonds. The smallest absolute Gasteiger partial charge is 0.870 e. The number of carbonyl (C=O) groups is 1. The van der Waals surface area contributed by atoms with Crippen LogP contribution in [-0.4, -0.2) is 39.0 Å². The second-order valence-corrected chi connectivity index (χ2v) is 8.69. The number of carbonyl (C=O) groups excluding carboxylic acids is 1. The van der Waals surface area contributed by atoms with Gasteiger partial charge in [0, 0.05) is 29.4 Å². The number of hydrogen-bond acceptors (Lipinski definition) is 4. The molecule has 2 saturated heterocycles. The van der Waals surface area contributed by atoms with E-state index in [-0.39, 0.29) is 42.3 Å². The molecule has 2 fully saturated rings. The van der Waals surface area contributed by atoms with Crippen LogP contribution in [0.2, 0.25) is 0 Å². The summed E-state index contributed by atoms with van der Waals surface area (Å²) in [6.07, 6.45) is 8.55. The van der Waals surface area contributed by atoms with Crippen LogP contribution in [0.25, 0.3) is 11.8 Å². The van der Waals surface area contributed by atoms with Crippen molar-refractivity contribution in [3.63, 3.8) is 0 Å². The Morgan fingerprint density at radius 3 is 2.60 bits per heavy atom. The monoisotopic (exact) mass is 473 g/mol. The van der Waals surface area contributed by atoms with Crippen molar-refractivity contribution >= 4 is 12.0 Å². The molecule has 35 heavy (non-hydrogen) atoms. The quantitative estimate of drug-likeness (QED) is 0.430. The van der Waals surface area contributed by atoms with E-state index in [1.54, 1.807) is 18.3 Å². The molecule has 1 N–H and O–H groups in total. The number of rotatable bonds is 4. The Morgan fingerprint density at radius 2 is 1.91 bits per heavy atom. The molecule has 2 aromatic carbocycles. The third-order valence-electron chi connectivity index (χ3n) is 6.61. The summed E-state index contributed by atoms with van der Waals surface area (Å²) >= 11 is 0. The molecule has 1 aromatic heterocycles. The van der Waals surface area contributed by atoms with Gasteiger partial charge in [-0.15, -0.1) is 0 Å². The maximum Gasteiger partial charge on any atom is 1.00 e. The third kappa shape index (κ3) is 5.06. The van der Waals surface area contributed by atoms with Crippen molar-refractivity contribution < 1.29 is 42.6 Å². The first kappa shape index (κ1) is 26.7. The number of benzene rings is 2. The molecule has 5 rings (SSSR count). The summed E-state index contributed by atoms with van der Waals surface area (Å²) in [4.78, 5) is 19.5. The molecule has 2 aliphatic heterocycles. The summed E-state index contributed by atoms with van der Waals surface area (Å²) < 4.78 is 35.4. The molecule has 178 valence electrons. The van der Waals surface area contributed by atoms with E-state index in [2.05, 4.69) is 4.98 Å². The van der Waals surface area contributed by atoms with Gasteiger partial charge in [0.15, 0.2) is 0 Å². The second kappa shape index (κ2) is 10.8. The van der Waals surface area contributed by atoms with Crippen molar-refractivity contribution in [1.29, 1.82) is 0 Å². The van der Waals surface area contributed by atoms with Gasteiger partial charge in [-0.2, -0.15) is 0 Å². The number of halogens is 2. The molecule has 0 bridgehead atoms. The van der Waals surface area contributed by atoms with Crippen LogP contribution in [0.15, 0.2) is 54.5 Å². The van der Waals surface area contributed by atoms with Gasteiger partial charge < -0.3 is 19.7 Å². The Hall–Kier alpha value is -2.92. The number of aromatic nitrogens is 2. The summed E-state index contributed by atoms with van der Waals surface area (Å²) in [5.41, 5.74) is 3.70. The first-order valence-electron chi connectivity index (χ1n) is 11.1. The molecular weight excluding hydrogens is 447 g/mol. The zero-order valence-electron chi connectivity index (χ0n) is 20.0. The van der Waals surface area contributed by atoms with E-state index in [0.29, 0.717) is 29.7 Å². The molecule has 3 aromatic rings. The molecular formula is C26H26F2LiN3O3. The Balaban J connectivity index is 0.00000171. The molecule has 6 nitrogen and oxygen atoms in total. The molecule has 2 atom stereocenters. The van der Waals surface area contributed by atoms with Gasteiger partial charge in [0.25, 0.3) is 5.91 Å². The fraction of sp³-hybridized carbons (Fsp3) is 0.308. The molecule has 3 heterocycles. The van der Waals surface area contributed by atoms with Crippen LogP contribution in [0.3, 0.4) is 0 Å². The predicted molar refractivity (Wildman–Crippen MR) is 123 cm³/mol. The van der Waals surface area contributed by atoms with Gasteiger partial charge in [-0.1, -0.05) is 12.1 Å². The summed E-state index contributed by atoms with van der Waals surface area (Å²) in [6.45, 7) is 1.92. The van der Waals surface area contributed by atoms with Crippen LogP contribution < -0.4 is 23.6 Å². The molecule has 0 aliphatic carbocycles. The molecule has 0 spiro atoms. The number of fused-ring (bicyclic) bond motifs is 1. The van der Waals surface area contributed by atoms with Crippen LogP contribution in [-0.2, 0) is 4.79 Å². The second-order valence-electron chi connectivity index (χ2n) is 8.69. The number of hydrogen-bond donors (Lipinski definition) is 0. The van der Waals surface area contributed by atoms with Gasteiger partial charge in [0.05, 0.1) is 30.9 Å². The molecule has 9 heteroatoms. The zero-order chi connectivity index (χ0) is 23.1. The first-order chi connectivity index (χ1) is 15.9. The first-order valence-corrected chi connectivity index (χ1v) is 11.1. The van der Waals surface area contributed by atoms with E-state index in [1.807, 2.05) is 42.0 Å². The number of imidazole rings is 1. The average Bonchev–Trinajstić information content (AvgIpc) is 3.42. The summed E-state index contributed by atoms with van der Waals surface area (Å²) in [7, 11) is 1.61. The predicted octanol–water partition coefficient (Wildman–Crippen LogP) is 2.20. The van der Waals surface area contributed by atoms with Crippen molar-refractivity contribution in [3.05, 3.63) is 83.0 Å². The summed E-state index contributed by atoms with van der Waals surface area (Å²) in [5, 5.41) is 0. The topological polar surface area (TPSA) is 77.4 Å². The van der Waals surface area contributed by atoms with Gasteiger partial charge in [-0.3, -0.25) is 4.79 Å². The number of nitrogens with zero attached hydrogens (tertiary/aromatic N) is 3. The minimum Gasteiger partial charge on any atom is -0.870 e. The fourth-order valence-corrected chi connectivity index (χ4v) is 5.03. The normalized spacial score (nSPS) is 20.3.